The highest BCUT2D eigenvalue weighted by atomic mass is 32.2. The molecule has 0 saturated carbocycles. The van der Waals surface area contributed by atoms with E-state index in [1.165, 1.54) is 4.31 Å². The molecule has 2 aromatic heterocycles. The van der Waals surface area contributed by atoms with Gasteiger partial charge in [-0.1, -0.05) is 0 Å². The fourth-order valence-corrected chi connectivity index (χ4v) is 5.99. The van der Waals surface area contributed by atoms with E-state index in [-0.39, 0.29) is 4.90 Å². The molecule has 0 radical (unpaired) electrons. The van der Waals surface area contributed by atoms with Crippen molar-refractivity contribution < 1.29 is 17.9 Å². The Hall–Kier alpha value is -1.72. The highest BCUT2D eigenvalue weighted by molar-refractivity contribution is 7.99. The van der Waals surface area contributed by atoms with Gasteiger partial charge in [-0.25, -0.2) is 18.4 Å². The lowest BCUT2D eigenvalue weighted by atomic mass is 10.3. The Labute approximate surface area is 171 Å². The molecular weight excluding hydrogens is 418 g/mol. The topological polar surface area (TPSA) is 81.6 Å². The van der Waals surface area contributed by atoms with Crippen LogP contribution < -0.4 is 4.74 Å². The third-order valence-electron chi connectivity index (χ3n) is 4.23. The van der Waals surface area contributed by atoms with Crippen LogP contribution in [0, 0.1) is 0 Å². The molecule has 1 aromatic carbocycles. The van der Waals surface area contributed by atoms with Gasteiger partial charge in [-0.3, -0.25) is 0 Å². The number of hydrogen-bond donors (Lipinski definition) is 0. The van der Waals surface area contributed by atoms with Gasteiger partial charge in [0.25, 0.3) is 0 Å². The molecule has 1 saturated heterocycles. The molecule has 0 N–H and O–H groups in total. The maximum absolute atomic E-state index is 12.6. The van der Waals surface area contributed by atoms with Gasteiger partial charge < -0.3 is 9.47 Å². The Bertz CT molecular complexity index is 1030. The summed E-state index contributed by atoms with van der Waals surface area (Å²) in [4.78, 5) is 8.84. The van der Waals surface area contributed by atoms with E-state index >= 15 is 0 Å². The molecule has 10 heteroatoms. The van der Waals surface area contributed by atoms with Crippen LogP contribution in [0.1, 0.15) is 0 Å². The van der Waals surface area contributed by atoms with Gasteiger partial charge in [0.2, 0.25) is 10.0 Å². The molecule has 0 unspecified atom stereocenters. The van der Waals surface area contributed by atoms with E-state index in [4.69, 9.17) is 9.47 Å². The predicted octanol–water partition coefficient (Wildman–Crippen LogP) is 2.88. The normalized spacial score (nSPS) is 15.7. The van der Waals surface area contributed by atoms with Crippen LogP contribution in [0.2, 0.25) is 0 Å². The third kappa shape index (κ3) is 4.31. The first-order chi connectivity index (χ1) is 13.6. The van der Waals surface area contributed by atoms with Crippen LogP contribution in [-0.2, 0) is 14.8 Å². The van der Waals surface area contributed by atoms with E-state index in [1.54, 1.807) is 53.7 Å². The van der Waals surface area contributed by atoms with Gasteiger partial charge in [-0.05, 0) is 35.7 Å². The minimum Gasteiger partial charge on any atom is -0.493 e. The second-order valence-electron chi connectivity index (χ2n) is 6.00. The van der Waals surface area contributed by atoms with E-state index in [1.807, 2.05) is 11.4 Å². The second kappa shape index (κ2) is 8.75. The third-order valence-corrected chi connectivity index (χ3v) is 8.14. The Morgan fingerprint density at radius 3 is 2.71 bits per heavy atom. The zero-order chi connectivity index (χ0) is 19.4. The lowest BCUT2D eigenvalue weighted by Gasteiger charge is -2.26. The molecule has 3 heterocycles. The summed E-state index contributed by atoms with van der Waals surface area (Å²) in [7, 11) is -3.47. The fourth-order valence-electron chi connectivity index (χ4n) is 2.81. The fraction of sp³-hybridized carbons (Fsp3) is 0.333. The molecule has 148 valence electrons. The quantitative estimate of drug-likeness (QED) is 0.319. The summed E-state index contributed by atoms with van der Waals surface area (Å²) in [5.74, 6) is 1.38. The monoisotopic (exact) mass is 437 g/mol. The molecule has 1 aliphatic heterocycles. The Morgan fingerprint density at radius 1 is 1.14 bits per heavy atom. The first-order valence-electron chi connectivity index (χ1n) is 8.76. The van der Waals surface area contributed by atoms with Crippen molar-refractivity contribution in [1.29, 1.82) is 0 Å². The number of benzene rings is 1. The van der Waals surface area contributed by atoms with Crippen molar-refractivity contribution >= 4 is 43.3 Å². The number of thiophene rings is 1. The van der Waals surface area contributed by atoms with Crippen LogP contribution in [0.4, 0.5) is 0 Å². The van der Waals surface area contributed by atoms with Gasteiger partial charge in [-0.2, -0.15) is 4.31 Å². The van der Waals surface area contributed by atoms with Gasteiger partial charge in [-0.15, -0.1) is 23.1 Å². The highest BCUT2D eigenvalue weighted by Gasteiger charge is 2.26. The molecule has 1 fully saturated rings. The van der Waals surface area contributed by atoms with Crippen LogP contribution in [-0.4, -0.2) is 61.4 Å². The lowest BCUT2D eigenvalue weighted by Crippen LogP contribution is -2.40. The highest BCUT2D eigenvalue weighted by Crippen LogP contribution is 2.28. The summed E-state index contributed by atoms with van der Waals surface area (Å²) in [5, 5.41) is 2.96. The van der Waals surface area contributed by atoms with Crippen LogP contribution in [0.15, 0.2) is 52.0 Å². The standard InChI is InChI=1S/C18H19N3O4S3/c22-28(23,21-6-8-24-9-7-21)15-3-1-14(2-4-15)25-10-12-27-18-17-16(5-11-26-17)19-13-20-18/h1-5,11,13H,6-10,12H2. The zero-order valence-electron chi connectivity index (χ0n) is 15.0. The van der Waals surface area contributed by atoms with E-state index in [0.29, 0.717) is 38.7 Å². The van der Waals surface area contributed by atoms with Crippen molar-refractivity contribution in [2.24, 2.45) is 0 Å². The van der Waals surface area contributed by atoms with Gasteiger partial charge in [0.15, 0.2) is 0 Å². The van der Waals surface area contributed by atoms with Crippen LogP contribution >= 0.6 is 23.1 Å². The van der Waals surface area contributed by atoms with Crippen molar-refractivity contribution in [1.82, 2.24) is 14.3 Å². The maximum atomic E-state index is 12.6. The summed E-state index contributed by atoms with van der Waals surface area (Å²) in [6.45, 7) is 2.14. The molecular formula is C18H19N3O4S3. The predicted molar refractivity (Wildman–Crippen MR) is 110 cm³/mol. The molecule has 0 bridgehead atoms. The Balaban J connectivity index is 1.31. The summed E-state index contributed by atoms with van der Waals surface area (Å²) >= 11 is 3.25. The van der Waals surface area contributed by atoms with Gasteiger partial charge in [0.1, 0.15) is 17.1 Å². The number of hydrogen-bond acceptors (Lipinski definition) is 8. The maximum Gasteiger partial charge on any atom is 0.243 e. The molecule has 28 heavy (non-hydrogen) atoms. The van der Waals surface area contributed by atoms with Crippen LogP contribution in [0.3, 0.4) is 0 Å². The molecule has 7 nitrogen and oxygen atoms in total. The minimum atomic E-state index is -3.47. The van der Waals surface area contributed by atoms with E-state index in [9.17, 15) is 8.42 Å². The number of sulfonamides is 1. The van der Waals surface area contributed by atoms with Crippen molar-refractivity contribution in [3.63, 3.8) is 0 Å². The number of aromatic nitrogens is 2. The average molecular weight is 438 g/mol. The summed E-state index contributed by atoms with van der Waals surface area (Å²) < 4.78 is 38.7. The SMILES string of the molecule is O=S(=O)(c1ccc(OCCSc2ncnc3ccsc23)cc1)N1CCOCC1. The zero-order valence-corrected chi connectivity index (χ0v) is 17.4. The molecule has 0 aliphatic carbocycles. The van der Waals surface area contributed by atoms with Crippen molar-refractivity contribution in [2.75, 3.05) is 38.7 Å². The number of fused-ring (bicyclic) bond motifs is 1. The van der Waals surface area contributed by atoms with E-state index in [2.05, 4.69) is 9.97 Å². The van der Waals surface area contributed by atoms with Crippen LogP contribution in [0.25, 0.3) is 10.2 Å². The van der Waals surface area contributed by atoms with Crippen LogP contribution in [0.5, 0.6) is 5.75 Å². The van der Waals surface area contributed by atoms with Gasteiger partial charge >= 0.3 is 0 Å². The molecule has 0 atom stereocenters. The number of thioether (sulfide) groups is 1. The first-order valence-corrected chi connectivity index (χ1v) is 12.1. The number of morpholine rings is 1. The van der Waals surface area contributed by atoms with Crippen molar-refractivity contribution in [2.45, 2.75) is 9.92 Å². The molecule has 3 aromatic rings. The van der Waals surface area contributed by atoms with Crippen molar-refractivity contribution in [3.05, 3.63) is 42.0 Å². The summed E-state index contributed by atoms with van der Waals surface area (Å²) in [6.07, 6.45) is 1.58. The van der Waals surface area contributed by atoms with Gasteiger partial charge in [0.05, 0.1) is 34.9 Å². The largest absolute Gasteiger partial charge is 0.493 e. The Kier molecular flexibility index (Phi) is 6.12. The molecule has 0 spiro atoms. The smallest absolute Gasteiger partial charge is 0.243 e. The van der Waals surface area contributed by atoms with E-state index in [0.717, 1.165) is 21.0 Å². The van der Waals surface area contributed by atoms with E-state index < -0.39 is 10.0 Å². The van der Waals surface area contributed by atoms with Crippen molar-refractivity contribution in [3.8, 4) is 5.75 Å². The van der Waals surface area contributed by atoms with Gasteiger partial charge in [0, 0.05) is 18.8 Å². The molecule has 0 amide bonds. The Morgan fingerprint density at radius 2 is 1.93 bits per heavy atom. The average Bonchev–Trinajstić information content (AvgIpc) is 3.22. The number of ether oxygens (including phenoxy) is 2. The number of rotatable bonds is 7. The second-order valence-corrected chi connectivity index (χ2v) is 9.94. The lowest BCUT2D eigenvalue weighted by molar-refractivity contribution is 0.0730. The minimum absolute atomic E-state index is 0.275. The number of nitrogens with zero attached hydrogens (tertiary/aromatic N) is 3. The summed E-state index contributed by atoms with van der Waals surface area (Å²) in [5.41, 5.74) is 0.959. The first kappa shape index (κ1) is 19.6. The summed E-state index contributed by atoms with van der Waals surface area (Å²) in [6, 6.07) is 8.55. The molecule has 1 aliphatic rings. The molecule has 4 rings (SSSR count).